The van der Waals surface area contributed by atoms with Gasteiger partial charge in [0.25, 0.3) is 15.8 Å². The van der Waals surface area contributed by atoms with E-state index >= 15 is 0 Å². The monoisotopic (exact) mass is 419 g/mol. The Bertz CT molecular complexity index is 1060. The molecule has 2 aromatic carbocycles. The van der Waals surface area contributed by atoms with Crippen molar-refractivity contribution < 1.29 is 31.8 Å². The maximum absolute atomic E-state index is 12.6. The average molecular weight is 419 g/mol. The highest BCUT2D eigenvalue weighted by Crippen LogP contribution is 2.32. The molecule has 0 bridgehead atoms. The van der Waals surface area contributed by atoms with Gasteiger partial charge in [0, 0.05) is 17.7 Å². The Morgan fingerprint density at radius 3 is 2.52 bits per heavy atom. The first-order valence-corrected chi connectivity index (χ1v) is 10.4. The molecule has 1 aliphatic heterocycles. The van der Waals surface area contributed by atoms with E-state index in [0.29, 0.717) is 24.2 Å². The van der Waals surface area contributed by atoms with Gasteiger partial charge in [-0.05, 0) is 49.6 Å². The number of nitro benzene ring substituents is 1. The van der Waals surface area contributed by atoms with Gasteiger partial charge in [-0.2, -0.15) is 8.42 Å². The van der Waals surface area contributed by atoms with Crippen LogP contribution in [-0.4, -0.2) is 31.5 Å². The number of fused-ring (bicyclic) bond motifs is 1. The van der Waals surface area contributed by atoms with Crippen molar-refractivity contribution in [2.75, 3.05) is 0 Å². The average Bonchev–Trinajstić information content (AvgIpc) is 3.28. The molecule has 9 nitrogen and oxygen atoms in total. The van der Waals surface area contributed by atoms with E-state index < -0.39 is 27.2 Å². The van der Waals surface area contributed by atoms with E-state index in [2.05, 4.69) is 0 Å². The number of esters is 1. The molecular formula is C19H17NO8S. The molecule has 0 saturated heterocycles. The summed E-state index contributed by atoms with van der Waals surface area (Å²) in [5, 5.41) is 10.7. The number of benzene rings is 2. The van der Waals surface area contributed by atoms with Crippen LogP contribution in [0.1, 0.15) is 35.2 Å². The first-order valence-electron chi connectivity index (χ1n) is 8.98. The molecule has 152 valence electrons. The number of nitrogens with zero attached hydrogens (tertiary/aromatic N) is 1. The minimum Gasteiger partial charge on any atom is -0.488 e. The number of carbonyl (C=O) groups excluding carboxylic acids is 1. The molecule has 1 fully saturated rings. The van der Waals surface area contributed by atoms with Crippen LogP contribution in [-0.2, 0) is 25.6 Å². The summed E-state index contributed by atoms with van der Waals surface area (Å²) in [6.45, 7) is 0.185. The van der Waals surface area contributed by atoms with Crippen LogP contribution in [0.3, 0.4) is 0 Å². The lowest BCUT2D eigenvalue weighted by Gasteiger charge is -2.21. The third kappa shape index (κ3) is 3.94. The predicted octanol–water partition coefficient (Wildman–Crippen LogP) is 2.97. The van der Waals surface area contributed by atoms with Crippen molar-refractivity contribution in [2.45, 2.75) is 43.0 Å². The molecule has 0 spiro atoms. The lowest BCUT2D eigenvalue weighted by atomic mass is 10.1. The molecule has 10 heteroatoms. The van der Waals surface area contributed by atoms with Crippen molar-refractivity contribution in [3.63, 3.8) is 0 Å². The largest absolute Gasteiger partial charge is 0.488 e. The first-order chi connectivity index (χ1) is 13.8. The van der Waals surface area contributed by atoms with Gasteiger partial charge >= 0.3 is 5.97 Å². The summed E-state index contributed by atoms with van der Waals surface area (Å²) in [4.78, 5) is 21.5. The lowest BCUT2D eigenvalue weighted by Crippen LogP contribution is -2.31. The van der Waals surface area contributed by atoms with Gasteiger partial charge < -0.3 is 9.47 Å². The van der Waals surface area contributed by atoms with Crippen LogP contribution in [0, 0.1) is 10.1 Å². The lowest BCUT2D eigenvalue weighted by molar-refractivity contribution is -0.384. The number of non-ortho nitro benzene ring substituents is 1. The molecule has 2 atom stereocenters. The minimum absolute atomic E-state index is 0.151. The number of nitro groups is 1. The Labute approximate surface area is 166 Å². The fourth-order valence-electron chi connectivity index (χ4n) is 3.45. The van der Waals surface area contributed by atoms with Crippen molar-refractivity contribution in [3.8, 4) is 5.75 Å². The van der Waals surface area contributed by atoms with Crippen LogP contribution < -0.4 is 4.74 Å². The molecule has 0 aromatic heterocycles. The van der Waals surface area contributed by atoms with Gasteiger partial charge in [0.2, 0.25) is 0 Å². The van der Waals surface area contributed by atoms with Crippen LogP contribution >= 0.6 is 0 Å². The molecule has 0 radical (unpaired) electrons. The van der Waals surface area contributed by atoms with Gasteiger partial charge in [0.15, 0.2) is 0 Å². The molecule has 29 heavy (non-hydrogen) atoms. The zero-order valence-corrected chi connectivity index (χ0v) is 16.0. The highest BCUT2D eigenvalue weighted by molar-refractivity contribution is 7.86. The van der Waals surface area contributed by atoms with Crippen molar-refractivity contribution >= 4 is 21.8 Å². The Hall–Kier alpha value is -2.98. The Morgan fingerprint density at radius 1 is 1.07 bits per heavy atom. The van der Waals surface area contributed by atoms with Crippen molar-refractivity contribution in [3.05, 3.63) is 63.7 Å². The summed E-state index contributed by atoms with van der Waals surface area (Å²) < 4.78 is 41.4. The third-order valence-corrected chi connectivity index (χ3v) is 6.27. The molecule has 4 rings (SSSR count). The van der Waals surface area contributed by atoms with E-state index in [4.69, 9.17) is 13.7 Å². The predicted molar refractivity (Wildman–Crippen MR) is 99.0 cm³/mol. The normalized spacial score (nSPS) is 20.9. The molecule has 1 heterocycles. The highest BCUT2D eigenvalue weighted by Gasteiger charge is 2.35. The highest BCUT2D eigenvalue weighted by atomic mass is 32.2. The second-order valence-electron chi connectivity index (χ2n) is 6.82. The smallest absolute Gasteiger partial charge is 0.338 e. The maximum Gasteiger partial charge on any atom is 0.338 e. The van der Waals surface area contributed by atoms with Gasteiger partial charge in [-0.25, -0.2) is 4.79 Å². The number of hydrogen-bond acceptors (Lipinski definition) is 8. The summed E-state index contributed by atoms with van der Waals surface area (Å²) in [5.74, 6) is 0.137. The number of ether oxygens (including phenoxy) is 2. The molecule has 1 saturated carbocycles. The van der Waals surface area contributed by atoms with E-state index in [-0.39, 0.29) is 23.2 Å². The molecule has 2 aromatic rings. The van der Waals surface area contributed by atoms with Gasteiger partial charge in [-0.1, -0.05) is 0 Å². The number of rotatable bonds is 6. The molecule has 0 amide bonds. The number of carbonyl (C=O) groups is 1. The summed E-state index contributed by atoms with van der Waals surface area (Å²) in [7, 11) is -4.10. The fraction of sp³-hybridized carbons (Fsp3) is 0.316. The first kappa shape index (κ1) is 19.3. The Kier molecular flexibility index (Phi) is 4.97. The summed E-state index contributed by atoms with van der Waals surface area (Å²) in [6.07, 6.45) is 0.703. The van der Waals surface area contributed by atoms with Gasteiger partial charge in [0.05, 0.1) is 15.4 Å². The second kappa shape index (κ2) is 7.45. The van der Waals surface area contributed by atoms with Crippen LogP contribution in [0.2, 0.25) is 0 Å². The quantitative estimate of drug-likeness (QED) is 0.303. The second-order valence-corrected chi connectivity index (χ2v) is 8.39. The summed E-state index contributed by atoms with van der Waals surface area (Å²) in [6, 6.07) is 9.51. The van der Waals surface area contributed by atoms with Crippen LogP contribution in [0.25, 0.3) is 0 Å². The Morgan fingerprint density at radius 2 is 1.79 bits per heavy atom. The van der Waals surface area contributed by atoms with E-state index in [0.717, 1.165) is 36.2 Å². The SMILES string of the molecule is O=C1OCc2cc(OC3CCCC3OS(=O)(=O)c3ccc([N+](=O)[O-])cc3)ccc21. The Balaban J connectivity index is 1.47. The molecule has 2 aliphatic rings. The topological polar surface area (TPSA) is 122 Å². The maximum atomic E-state index is 12.6. The zero-order chi connectivity index (χ0) is 20.6. The van der Waals surface area contributed by atoms with E-state index in [1.807, 2.05) is 0 Å². The van der Waals surface area contributed by atoms with Crippen LogP contribution in [0.15, 0.2) is 47.4 Å². The molecule has 0 N–H and O–H groups in total. The summed E-state index contributed by atoms with van der Waals surface area (Å²) >= 11 is 0. The van der Waals surface area contributed by atoms with Crippen molar-refractivity contribution in [2.24, 2.45) is 0 Å². The number of hydrogen-bond donors (Lipinski definition) is 0. The van der Waals surface area contributed by atoms with Gasteiger partial charge in [-0.3, -0.25) is 14.3 Å². The molecule has 2 unspecified atom stereocenters. The van der Waals surface area contributed by atoms with Crippen LogP contribution in [0.4, 0.5) is 5.69 Å². The standard InChI is InChI=1S/C19H17NO8S/c21-19-16-9-6-14(10-12(16)11-26-19)27-17-2-1-3-18(17)28-29(24,25)15-7-4-13(5-8-15)20(22)23/h4-10,17-18H,1-3,11H2. The van der Waals surface area contributed by atoms with Gasteiger partial charge in [0.1, 0.15) is 24.6 Å². The minimum atomic E-state index is -4.10. The van der Waals surface area contributed by atoms with E-state index in [9.17, 15) is 23.3 Å². The zero-order valence-electron chi connectivity index (χ0n) is 15.1. The van der Waals surface area contributed by atoms with Crippen molar-refractivity contribution in [1.29, 1.82) is 0 Å². The van der Waals surface area contributed by atoms with E-state index in [1.54, 1.807) is 18.2 Å². The molecular weight excluding hydrogens is 402 g/mol. The van der Waals surface area contributed by atoms with Gasteiger partial charge in [-0.15, -0.1) is 0 Å². The van der Waals surface area contributed by atoms with Crippen LogP contribution in [0.5, 0.6) is 5.75 Å². The number of cyclic esters (lactones) is 1. The fourth-order valence-corrected chi connectivity index (χ4v) is 4.57. The third-order valence-electron chi connectivity index (χ3n) is 4.92. The van der Waals surface area contributed by atoms with Crippen molar-refractivity contribution in [1.82, 2.24) is 0 Å². The van der Waals surface area contributed by atoms with E-state index in [1.165, 1.54) is 0 Å². The summed E-state index contributed by atoms with van der Waals surface area (Å²) in [5.41, 5.74) is 1.02. The molecule has 1 aliphatic carbocycles.